The van der Waals surface area contributed by atoms with E-state index in [1.54, 1.807) is 6.92 Å². The Kier molecular flexibility index (Phi) is 9.44. The summed E-state index contributed by atoms with van der Waals surface area (Å²) in [6.07, 6.45) is 3.74. The smallest absolute Gasteiger partial charge is 0.258 e. The molecule has 8 heteroatoms. The molecular formula is C34H40N4O4. The van der Waals surface area contributed by atoms with E-state index in [0.717, 1.165) is 42.1 Å². The highest BCUT2D eigenvalue weighted by Gasteiger charge is 2.30. The monoisotopic (exact) mass is 568 g/mol. The van der Waals surface area contributed by atoms with Crippen LogP contribution in [0, 0.1) is 0 Å². The molecule has 8 nitrogen and oxygen atoms in total. The molecule has 0 saturated carbocycles. The minimum atomic E-state index is -0.204. The number of carbonyl (C=O) groups is 2. The zero-order valence-corrected chi connectivity index (χ0v) is 24.7. The number of nitrogens with zero attached hydrogens (tertiary/aromatic N) is 2. The summed E-state index contributed by atoms with van der Waals surface area (Å²) in [5.41, 5.74) is 5.16. The van der Waals surface area contributed by atoms with Crippen molar-refractivity contribution in [3.8, 4) is 11.5 Å². The van der Waals surface area contributed by atoms with Gasteiger partial charge in [-0.1, -0.05) is 36.8 Å². The lowest BCUT2D eigenvalue weighted by Crippen LogP contribution is -2.39. The normalized spacial score (nSPS) is 15.9. The van der Waals surface area contributed by atoms with E-state index in [1.165, 1.54) is 19.3 Å². The van der Waals surface area contributed by atoms with Crippen LogP contribution in [0.5, 0.6) is 11.5 Å². The minimum absolute atomic E-state index is 0.0237. The summed E-state index contributed by atoms with van der Waals surface area (Å²) in [7, 11) is 0. The van der Waals surface area contributed by atoms with Crippen LogP contribution in [-0.2, 0) is 9.59 Å². The van der Waals surface area contributed by atoms with E-state index in [4.69, 9.17) is 9.47 Å². The summed E-state index contributed by atoms with van der Waals surface area (Å²) in [5, 5.41) is 6.52. The maximum absolute atomic E-state index is 13.5. The molecule has 1 saturated heterocycles. The summed E-state index contributed by atoms with van der Waals surface area (Å²) in [6, 6.07) is 21.3. The number of rotatable bonds is 11. The fourth-order valence-electron chi connectivity index (χ4n) is 5.61. The molecule has 220 valence electrons. The van der Waals surface area contributed by atoms with Gasteiger partial charge in [0, 0.05) is 43.0 Å². The van der Waals surface area contributed by atoms with Crippen LogP contribution in [0.15, 0.2) is 66.7 Å². The molecule has 2 N–H and O–H groups in total. The van der Waals surface area contributed by atoms with Crippen LogP contribution < -0.4 is 25.0 Å². The van der Waals surface area contributed by atoms with Crippen molar-refractivity contribution in [2.75, 3.05) is 54.9 Å². The van der Waals surface area contributed by atoms with Crippen molar-refractivity contribution in [3.05, 3.63) is 77.9 Å². The number of benzene rings is 3. The average Bonchev–Trinajstić information content (AvgIpc) is 3.32. The van der Waals surface area contributed by atoms with Crippen LogP contribution in [-0.4, -0.2) is 56.1 Å². The third-order valence-corrected chi connectivity index (χ3v) is 7.66. The van der Waals surface area contributed by atoms with E-state index in [9.17, 15) is 9.59 Å². The summed E-state index contributed by atoms with van der Waals surface area (Å²) in [5.74, 6) is 1.01. The maximum atomic E-state index is 13.5. The van der Waals surface area contributed by atoms with Crippen molar-refractivity contribution in [3.63, 3.8) is 0 Å². The first-order chi connectivity index (χ1) is 20.5. The van der Waals surface area contributed by atoms with Crippen LogP contribution >= 0.6 is 0 Å². The van der Waals surface area contributed by atoms with E-state index >= 15 is 0 Å². The summed E-state index contributed by atoms with van der Waals surface area (Å²) in [4.78, 5) is 30.3. The second kappa shape index (κ2) is 13.6. The number of hydrogen-bond donors (Lipinski definition) is 2. The Bertz CT molecular complexity index is 1430. The molecule has 0 unspecified atom stereocenters. The van der Waals surface area contributed by atoms with E-state index in [1.807, 2.05) is 85.5 Å². The Morgan fingerprint density at radius 3 is 2.24 bits per heavy atom. The second-order valence-corrected chi connectivity index (χ2v) is 10.5. The number of carbonyl (C=O) groups excluding carboxylic acids is 2. The third kappa shape index (κ3) is 6.60. The molecule has 2 heterocycles. The molecule has 0 aliphatic carbocycles. The van der Waals surface area contributed by atoms with Crippen molar-refractivity contribution >= 4 is 40.1 Å². The quantitative estimate of drug-likeness (QED) is 0.266. The molecule has 2 aliphatic heterocycles. The fourth-order valence-corrected chi connectivity index (χ4v) is 5.61. The van der Waals surface area contributed by atoms with Crippen LogP contribution in [0.4, 0.5) is 17.1 Å². The second-order valence-electron chi connectivity index (χ2n) is 10.5. The highest BCUT2D eigenvalue weighted by Crippen LogP contribution is 2.43. The molecule has 0 atom stereocenters. The number of likely N-dealkylation sites (tertiary alicyclic amines) is 1. The minimum Gasteiger partial charge on any atom is -0.490 e. The van der Waals surface area contributed by atoms with Gasteiger partial charge in [0.1, 0.15) is 0 Å². The zero-order valence-electron chi connectivity index (χ0n) is 24.7. The van der Waals surface area contributed by atoms with Gasteiger partial charge in [-0.05, 0) is 75.7 Å². The van der Waals surface area contributed by atoms with Gasteiger partial charge >= 0.3 is 0 Å². The molecule has 42 heavy (non-hydrogen) atoms. The molecule has 2 amide bonds. The number of nitrogens with one attached hydrogen (secondary N) is 2. The molecule has 0 radical (unpaired) electrons. The standard InChI is InChI=1S/C34H40N4O4/c1-4-41-30-22-28-29(23-31(30)42-5-2)36-34(40)32(28)33(25-12-8-6-9-13-25)35-26-14-16-27(17-15-26)38(24(3)39)21-20-37-18-10-7-11-19-37/h6,8-9,12-17,22-23,35H,4-5,7,10-11,18-21H2,1-3H3,(H,36,40)/b33-32-. The van der Waals surface area contributed by atoms with Gasteiger partial charge in [-0.3, -0.25) is 9.59 Å². The van der Waals surface area contributed by atoms with Gasteiger partial charge in [0.25, 0.3) is 5.91 Å². The topological polar surface area (TPSA) is 83.1 Å². The zero-order chi connectivity index (χ0) is 29.5. The lowest BCUT2D eigenvalue weighted by atomic mass is 9.99. The molecule has 1 fully saturated rings. The first kappa shape index (κ1) is 29.2. The predicted octanol–water partition coefficient (Wildman–Crippen LogP) is 6.26. The van der Waals surface area contributed by atoms with Gasteiger partial charge in [0.15, 0.2) is 11.5 Å². The molecule has 3 aromatic rings. The molecule has 5 rings (SSSR count). The van der Waals surface area contributed by atoms with Crippen LogP contribution in [0.2, 0.25) is 0 Å². The SMILES string of the molecule is CCOc1cc2c(cc1OCC)/C(=C(/Nc1ccc(N(CCN3CCCCC3)C(C)=O)cc1)c1ccccc1)C(=O)N2. The Morgan fingerprint density at radius 2 is 1.60 bits per heavy atom. The lowest BCUT2D eigenvalue weighted by Gasteiger charge is -2.29. The maximum Gasteiger partial charge on any atom is 0.258 e. The fraction of sp³-hybridized carbons (Fsp3) is 0.353. The van der Waals surface area contributed by atoms with Crippen molar-refractivity contribution in [1.29, 1.82) is 0 Å². The number of anilines is 3. The molecule has 0 bridgehead atoms. The van der Waals surface area contributed by atoms with E-state index in [-0.39, 0.29) is 11.8 Å². The Labute approximate surface area is 248 Å². The largest absolute Gasteiger partial charge is 0.490 e. The first-order valence-electron chi connectivity index (χ1n) is 14.9. The highest BCUT2D eigenvalue weighted by atomic mass is 16.5. The Balaban J connectivity index is 1.46. The van der Waals surface area contributed by atoms with Gasteiger partial charge in [0.05, 0.1) is 30.2 Å². The third-order valence-electron chi connectivity index (χ3n) is 7.66. The molecule has 3 aromatic carbocycles. The van der Waals surface area contributed by atoms with Gasteiger partial charge in [-0.15, -0.1) is 0 Å². The molecule has 2 aliphatic rings. The number of piperidine rings is 1. The van der Waals surface area contributed by atoms with Crippen molar-refractivity contribution in [1.82, 2.24) is 4.90 Å². The van der Waals surface area contributed by atoms with Gasteiger partial charge in [-0.25, -0.2) is 0 Å². The molecule has 0 aromatic heterocycles. The number of ether oxygens (including phenoxy) is 2. The van der Waals surface area contributed by atoms with Crippen molar-refractivity contribution < 1.29 is 19.1 Å². The predicted molar refractivity (Wildman–Crippen MR) is 169 cm³/mol. The summed E-state index contributed by atoms with van der Waals surface area (Å²) < 4.78 is 11.7. The van der Waals surface area contributed by atoms with Gasteiger partial charge in [-0.2, -0.15) is 0 Å². The van der Waals surface area contributed by atoms with Crippen LogP contribution in [0.1, 0.15) is 51.2 Å². The van der Waals surface area contributed by atoms with Crippen molar-refractivity contribution in [2.24, 2.45) is 0 Å². The van der Waals surface area contributed by atoms with E-state index in [0.29, 0.717) is 48.2 Å². The summed E-state index contributed by atoms with van der Waals surface area (Å²) in [6.45, 7) is 10.1. The number of fused-ring (bicyclic) bond motifs is 1. The van der Waals surface area contributed by atoms with Crippen LogP contribution in [0.25, 0.3) is 11.3 Å². The lowest BCUT2D eigenvalue weighted by molar-refractivity contribution is -0.116. The van der Waals surface area contributed by atoms with Gasteiger partial charge < -0.3 is 29.9 Å². The highest BCUT2D eigenvalue weighted by molar-refractivity contribution is 6.37. The molecular weight excluding hydrogens is 528 g/mol. The first-order valence-corrected chi connectivity index (χ1v) is 14.9. The molecule has 0 spiro atoms. The Morgan fingerprint density at radius 1 is 0.929 bits per heavy atom. The average molecular weight is 569 g/mol. The number of hydrogen-bond acceptors (Lipinski definition) is 6. The van der Waals surface area contributed by atoms with Crippen LogP contribution in [0.3, 0.4) is 0 Å². The van der Waals surface area contributed by atoms with Crippen molar-refractivity contribution in [2.45, 2.75) is 40.0 Å². The van der Waals surface area contributed by atoms with E-state index < -0.39 is 0 Å². The Hall–Kier alpha value is -4.30. The van der Waals surface area contributed by atoms with E-state index in [2.05, 4.69) is 15.5 Å². The van der Waals surface area contributed by atoms with Gasteiger partial charge in [0.2, 0.25) is 5.91 Å². The summed E-state index contributed by atoms with van der Waals surface area (Å²) >= 11 is 0. The number of amides is 2.